The Kier molecular flexibility index (Phi) is 8.18. The van der Waals surface area contributed by atoms with E-state index in [2.05, 4.69) is 240 Å². The second-order valence-corrected chi connectivity index (χ2v) is 16.6. The van der Waals surface area contributed by atoms with Crippen LogP contribution < -0.4 is 0 Å². The molecule has 298 valence electrons. The number of rotatable bonds is 6. The Hall–Kier alpha value is -8.60. The molecule has 10 aromatic carbocycles. The molecule has 0 amide bonds. The highest BCUT2D eigenvalue weighted by molar-refractivity contribution is 6.15. The van der Waals surface area contributed by atoms with Crippen LogP contribution in [0.2, 0.25) is 0 Å². The molecule has 13 aromatic rings. The summed E-state index contributed by atoms with van der Waals surface area (Å²) in [6.07, 6.45) is 0. The van der Waals surface area contributed by atoms with Gasteiger partial charge in [0.25, 0.3) is 0 Å². The average Bonchev–Trinajstić information content (AvgIpc) is 3.89. The van der Waals surface area contributed by atoms with Gasteiger partial charge in [0.15, 0.2) is 5.82 Å². The van der Waals surface area contributed by atoms with Gasteiger partial charge in [0, 0.05) is 49.6 Å². The molecule has 0 N–H and O–H groups in total. The van der Waals surface area contributed by atoms with Crippen molar-refractivity contribution in [2.24, 2.45) is 0 Å². The Morgan fingerprint density at radius 1 is 0.266 bits per heavy atom. The van der Waals surface area contributed by atoms with Crippen molar-refractivity contribution < 1.29 is 0 Å². The monoisotopic (exact) mass is 814 g/mol. The van der Waals surface area contributed by atoms with Crippen molar-refractivity contribution in [1.29, 1.82) is 0 Å². The molecule has 13 rings (SSSR count). The SMILES string of the molecule is c1ccc(-c2cc(-c3ccc4c(c3)c3ccccc3n4-c3ccccc3)nc(-c3cc(-c4cc5ccccc5c5ccccc45)cc(-n4c5ccccc5c5ccccc54)c3)n2)cc1. The molecule has 0 aliphatic rings. The van der Waals surface area contributed by atoms with E-state index in [0.717, 1.165) is 67.1 Å². The molecule has 4 heteroatoms. The van der Waals surface area contributed by atoms with Crippen molar-refractivity contribution in [2.75, 3.05) is 0 Å². The van der Waals surface area contributed by atoms with Crippen LogP contribution in [0.4, 0.5) is 0 Å². The van der Waals surface area contributed by atoms with Gasteiger partial charge in [0.2, 0.25) is 0 Å². The van der Waals surface area contributed by atoms with E-state index in [9.17, 15) is 0 Å². The number of fused-ring (bicyclic) bond motifs is 9. The average molecular weight is 815 g/mol. The second kappa shape index (κ2) is 14.5. The highest BCUT2D eigenvalue weighted by Crippen LogP contribution is 2.41. The van der Waals surface area contributed by atoms with Crippen LogP contribution in [0.25, 0.3) is 122 Å². The maximum atomic E-state index is 5.52. The number of hydrogen-bond acceptors (Lipinski definition) is 2. The lowest BCUT2D eigenvalue weighted by Gasteiger charge is -2.16. The van der Waals surface area contributed by atoms with E-state index in [0.29, 0.717) is 5.82 Å². The zero-order chi connectivity index (χ0) is 42.1. The first-order chi connectivity index (χ1) is 31.7. The molecule has 0 atom stereocenters. The van der Waals surface area contributed by atoms with Crippen molar-refractivity contribution in [2.45, 2.75) is 0 Å². The standard InChI is InChI=1S/C60H38N4/c1-3-17-39(18-4-1)54-38-55(41-31-32-59-53(37-41)51-27-13-16-30-58(51)63(59)44-20-5-2-6-21-44)62-60(61-54)43-33-42(52-36-40-19-7-8-22-46(40)47-23-9-10-24-48(47)52)34-45(35-43)64-56-28-14-11-25-49(56)50-26-12-15-29-57(50)64/h1-38H. The van der Waals surface area contributed by atoms with Crippen molar-refractivity contribution in [3.8, 4) is 56.4 Å². The Bertz CT molecular complexity index is 3900. The van der Waals surface area contributed by atoms with E-state index in [1.165, 1.54) is 48.6 Å². The Balaban J connectivity index is 1.09. The normalized spacial score (nSPS) is 11.8. The first-order valence-electron chi connectivity index (χ1n) is 21.8. The second-order valence-electron chi connectivity index (χ2n) is 16.6. The molecule has 0 spiro atoms. The fraction of sp³-hybridized carbons (Fsp3) is 0. The predicted molar refractivity (Wildman–Crippen MR) is 267 cm³/mol. The number of para-hydroxylation sites is 4. The third-order valence-electron chi connectivity index (χ3n) is 12.9. The third-order valence-corrected chi connectivity index (χ3v) is 12.9. The van der Waals surface area contributed by atoms with Crippen molar-refractivity contribution in [3.05, 3.63) is 231 Å². The molecule has 3 heterocycles. The molecule has 0 fully saturated rings. The van der Waals surface area contributed by atoms with Crippen LogP contribution >= 0.6 is 0 Å². The molecule has 3 aromatic heterocycles. The van der Waals surface area contributed by atoms with Gasteiger partial charge >= 0.3 is 0 Å². The zero-order valence-corrected chi connectivity index (χ0v) is 34.7. The van der Waals surface area contributed by atoms with Crippen LogP contribution in [0.3, 0.4) is 0 Å². The Morgan fingerprint density at radius 2 is 0.766 bits per heavy atom. The van der Waals surface area contributed by atoms with E-state index in [4.69, 9.17) is 9.97 Å². The van der Waals surface area contributed by atoms with Gasteiger partial charge in [0.05, 0.1) is 33.5 Å². The minimum Gasteiger partial charge on any atom is -0.309 e. The number of nitrogens with zero attached hydrogens (tertiary/aromatic N) is 4. The van der Waals surface area contributed by atoms with Gasteiger partial charge in [-0.15, -0.1) is 0 Å². The lowest BCUT2D eigenvalue weighted by atomic mass is 9.92. The van der Waals surface area contributed by atoms with Crippen molar-refractivity contribution in [1.82, 2.24) is 19.1 Å². The number of hydrogen-bond donors (Lipinski definition) is 0. The predicted octanol–water partition coefficient (Wildman–Crippen LogP) is 15.6. The molecule has 0 saturated carbocycles. The molecule has 0 unspecified atom stereocenters. The largest absolute Gasteiger partial charge is 0.309 e. The molecule has 0 bridgehead atoms. The van der Waals surface area contributed by atoms with Gasteiger partial charge in [-0.05, 0) is 105 Å². The minimum absolute atomic E-state index is 0.664. The first-order valence-corrected chi connectivity index (χ1v) is 21.8. The molecule has 0 aliphatic carbocycles. The summed E-state index contributed by atoms with van der Waals surface area (Å²) in [7, 11) is 0. The van der Waals surface area contributed by atoms with Crippen LogP contribution in [0.5, 0.6) is 0 Å². The zero-order valence-electron chi connectivity index (χ0n) is 34.7. The number of aromatic nitrogens is 4. The summed E-state index contributed by atoms with van der Waals surface area (Å²) in [5.41, 5.74) is 13.8. The van der Waals surface area contributed by atoms with Gasteiger partial charge in [-0.1, -0.05) is 158 Å². The highest BCUT2D eigenvalue weighted by Gasteiger charge is 2.20. The van der Waals surface area contributed by atoms with Crippen molar-refractivity contribution >= 4 is 65.2 Å². The fourth-order valence-electron chi connectivity index (χ4n) is 9.99. The van der Waals surface area contributed by atoms with E-state index in [1.54, 1.807) is 0 Å². The lowest BCUT2D eigenvalue weighted by Crippen LogP contribution is -2.00. The smallest absolute Gasteiger partial charge is 0.160 e. The van der Waals surface area contributed by atoms with Gasteiger partial charge in [0.1, 0.15) is 0 Å². The van der Waals surface area contributed by atoms with Crippen LogP contribution in [0.15, 0.2) is 231 Å². The summed E-state index contributed by atoms with van der Waals surface area (Å²) in [5.74, 6) is 0.664. The third kappa shape index (κ3) is 5.77. The molecule has 64 heavy (non-hydrogen) atoms. The Labute approximate surface area is 369 Å². The molecule has 4 nitrogen and oxygen atoms in total. The minimum atomic E-state index is 0.664. The summed E-state index contributed by atoms with van der Waals surface area (Å²) >= 11 is 0. The molecular weight excluding hydrogens is 777 g/mol. The van der Waals surface area contributed by atoms with Crippen molar-refractivity contribution in [3.63, 3.8) is 0 Å². The summed E-state index contributed by atoms with van der Waals surface area (Å²) in [6, 6.07) is 82.8. The summed E-state index contributed by atoms with van der Waals surface area (Å²) in [5, 5.41) is 9.69. The molecule has 0 aliphatic heterocycles. The Morgan fingerprint density at radius 3 is 1.45 bits per heavy atom. The topological polar surface area (TPSA) is 35.6 Å². The van der Waals surface area contributed by atoms with Crippen LogP contribution in [-0.2, 0) is 0 Å². The highest BCUT2D eigenvalue weighted by atomic mass is 15.0. The van der Waals surface area contributed by atoms with Gasteiger partial charge in [-0.25, -0.2) is 9.97 Å². The lowest BCUT2D eigenvalue weighted by molar-refractivity contribution is 1.16. The summed E-state index contributed by atoms with van der Waals surface area (Å²) < 4.78 is 4.76. The molecule has 0 radical (unpaired) electrons. The summed E-state index contributed by atoms with van der Waals surface area (Å²) in [6.45, 7) is 0. The maximum absolute atomic E-state index is 5.52. The van der Waals surface area contributed by atoms with Crippen LogP contribution in [0, 0.1) is 0 Å². The van der Waals surface area contributed by atoms with E-state index >= 15 is 0 Å². The number of benzene rings is 10. The van der Waals surface area contributed by atoms with E-state index in [-0.39, 0.29) is 0 Å². The van der Waals surface area contributed by atoms with Crippen LogP contribution in [-0.4, -0.2) is 19.1 Å². The van der Waals surface area contributed by atoms with E-state index in [1.807, 2.05) is 0 Å². The maximum Gasteiger partial charge on any atom is 0.160 e. The van der Waals surface area contributed by atoms with Gasteiger partial charge in [-0.3, -0.25) is 0 Å². The fourth-order valence-corrected chi connectivity index (χ4v) is 9.99. The van der Waals surface area contributed by atoms with Gasteiger partial charge < -0.3 is 9.13 Å². The molecule has 0 saturated heterocycles. The first kappa shape index (κ1) is 36.1. The summed E-state index contributed by atoms with van der Waals surface area (Å²) in [4.78, 5) is 10.9. The van der Waals surface area contributed by atoms with E-state index < -0.39 is 0 Å². The quantitative estimate of drug-likeness (QED) is 0.157. The van der Waals surface area contributed by atoms with Crippen LogP contribution in [0.1, 0.15) is 0 Å². The molecular formula is C60H38N4. The van der Waals surface area contributed by atoms with Gasteiger partial charge in [-0.2, -0.15) is 0 Å².